The minimum absolute atomic E-state index is 0.000398. The quantitative estimate of drug-likeness (QED) is 0.442. The van der Waals surface area contributed by atoms with Crippen molar-refractivity contribution in [2.75, 3.05) is 31.2 Å². The maximum Gasteiger partial charge on any atom is 0.269 e. The molecule has 6 nitrogen and oxygen atoms in total. The van der Waals surface area contributed by atoms with E-state index in [1.54, 1.807) is 12.1 Å². The lowest BCUT2D eigenvalue weighted by Crippen LogP contribution is -2.30. The summed E-state index contributed by atoms with van der Waals surface area (Å²) in [7, 11) is 0. The lowest BCUT2D eigenvalue weighted by molar-refractivity contribution is -0.384. The van der Waals surface area contributed by atoms with Crippen LogP contribution in [0, 0.1) is 10.1 Å². The Morgan fingerprint density at radius 2 is 1.58 bits per heavy atom. The van der Waals surface area contributed by atoms with E-state index >= 15 is 0 Å². The lowest BCUT2D eigenvalue weighted by Gasteiger charge is -2.24. The van der Waals surface area contributed by atoms with Gasteiger partial charge < -0.3 is 15.1 Å². The maximum absolute atomic E-state index is 10.7. The van der Waals surface area contributed by atoms with Gasteiger partial charge in [0.1, 0.15) is 0 Å². The number of hydrogen-bond acceptors (Lipinski definition) is 5. The van der Waals surface area contributed by atoms with E-state index in [0.29, 0.717) is 13.1 Å². The number of anilines is 1. The van der Waals surface area contributed by atoms with E-state index in [2.05, 4.69) is 0 Å². The molecule has 2 rings (SSSR count). The maximum atomic E-state index is 10.7. The molecular weight excluding hydrogens is 308 g/mol. The normalized spacial score (nSPS) is 10.9. The van der Waals surface area contributed by atoms with Gasteiger partial charge >= 0.3 is 0 Å². The third-order valence-electron chi connectivity index (χ3n) is 3.58. The molecule has 126 valence electrons. The fraction of sp³-hybridized carbons (Fsp3) is 0.222. The second-order valence-corrected chi connectivity index (χ2v) is 5.18. The van der Waals surface area contributed by atoms with Crippen LogP contribution in [-0.4, -0.2) is 41.4 Å². The summed E-state index contributed by atoms with van der Waals surface area (Å²) < 4.78 is 0. The molecule has 0 unspecified atom stereocenters. The Labute approximate surface area is 140 Å². The molecule has 2 N–H and O–H groups in total. The van der Waals surface area contributed by atoms with E-state index in [1.807, 2.05) is 41.3 Å². The van der Waals surface area contributed by atoms with Gasteiger partial charge in [0.05, 0.1) is 18.1 Å². The minimum Gasteiger partial charge on any atom is -0.395 e. The Bertz CT molecular complexity index is 692. The SMILES string of the molecule is O=[N+]([O-])c1ccc(C=Cc2ccccc2N(CCO)CCO)cc1. The summed E-state index contributed by atoms with van der Waals surface area (Å²) >= 11 is 0. The Morgan fingerprint density at radius 3 is 2.17 bits per heavy atom. The summed E-state index contributed by atoms with van der Waals surface area (Å²) in [6, 6.07) is 14.0. The first-order valence-electron chi connectivity index (χ1n) is 7.64. The van der Waals surface area contributed by atoms with Crippen molar-refractivity contribution in [3.63, 3.8) is 0 Å². The van der Waals surface area contributed by atoms with Crippen molar-refractivity contribution < 1.29 is 15.1 Å². The number of para-hydroxylation sites is 1. The van der Waals surface area contributed by atoms with Crippen LogP contribution in [0.4, 0.5) is 11.4 Å². The molecule has 0 aromatic heterocycles. The second kappa shape index (κ2) is 8.81. The number of nitrogens with zero attached hydrogens (tertiary/aromatic N) is 2. The molecule has 0 aliphatic heterocycles. The Morgan fingerprint density at radius 1 is 0.958 bits per heavy atom. The van der Waals surface area contributed by atoms with E-state index in [0.717, 1.165) is 16.8 Å². The fourth-order valence-electron chi connectivity index (χ4n) is 2.40. The van der Waals surface area contributed by atoms with Crippen molar-refractivity contribution in [3.8, 4) is 0 Å². The minimum atomic E-state index is -0.426. The molecule has 0 saturated carbocycles. The molecule has 2 aromatic rings. The zero-order valence-electron chi connectivity index (χ0n) is 13.2. The van der Waals surface area contributed by atoms with Gasteiger partial charge in [0.15, 0.2) is 0 Å². The smallest absolute Gasteiger partial charge is 0.269 e. The van der Waals surface area contributed by atoms with Gasteiger partial charge in [0.25, 0.3) is 5.69 Å². The van der Waals surface area contributed by atoms with E-state index in [9.17, 15) is 20.3 Å². The van der Waals surface area contributed by atoms with Crippen LogP contribution < -0.4 is 4.90 Å². The van der Waals surface area contributed by atoms with Gasteiger partial charge in [-0.15, -0.1) is 0 Å². The van der Waals surface area contributed by atoms with E-state index in [1.165, 1.54) is 12.1 Å². The van der Waals surface area contributed by atoms with Crippen LogP contribution in [0.25, 0.3) is 12.2 Å². The van der Waals surface area contributed by atoms with Gasteiger partial charge in [-0.1, -0.05) is 30.4 Å². The largest absolute Gasteiger partial charge is 0.395 e. The first kappa shape index (κ1) is 17.7. The van der Waals surface area contributed by atoms with Crippen LogP contribution in [0.2, 0.25) is 0 Å². The van der Waals surface area contributed by atoms with Gasteiger partial charge in [-0.2, -0.15) is 0 Å². The Kier molecular flexibility index (Phi) is 6.48. The molecule has 0 bridgehead atoms. The molecule has 0 aliphatic carbocycles. The summed E-state index contributed by atoms with van der Waals surface area (Å²) in [5.41, 5.74) is 2.77. The van der Waals surface area contributed by atoms with Crippen molar-refractivity contribution in [2.24, 2.45) is 0 Å². The van der Waals surface area contributed by atoms with Gasteiger partial charge in [-0.3, -0.25) is 10.1 Å². The number of hydrogen-bond donors (Lipinski definition) is 2. The topological polar surface area (TPSA) is 86.8 Å². The number of aliphatic hydroxyl groups is 2. The third kappa shape index (κ3) is 4.65. The fourth-order valence-corrected chi connectivity index (χ4v) is 2.40. The average molecular weight is 328 g/mol. The number of rotatable bonds is 8. The van der Waals surface area contributed by atoms with Crippen LogP contribution in [0.5, 0.6) is 0 Å². The van der Waals surface area contributed by atoms with E-state index < -0.39 is 4.92 Å². The molecular formula is C18H20N2O4. The zero-order chi connectivity index (χ0) is 17.4. The average Bonchev–Trinajstić information content (AvgIpc) is 2.60. The summed E-state index contributed by atoms with van der Waals surface area (Å²) in [5.74, 6) is 0. The van der Waals surface area contributed by atoms with Crippen LogP contribution in [0.3, 0.4) is 0 Å². The number of aliphatic hydroxyl groups excluding tert-OH is 2. The molecule has 0 spiro atoms. The molecule has 24 heavy (non-hydrogen) atoms. The summed E-state index contributed by atoms with van der Waals surface area (Å²) in [6.45, 7) is 0.868. The highest BCUT2D eigenvalue weighted by molar-refractivity contribution is 5.77. The van der Waals surface area contributed by atoms with Crippen LogP contribution in [0.1, 0.15) is 11.1 Å². The van der Waals surface area contributed by atoms with Crippen LogP contribution >= 0.6 is 0 Å². The highest BCUT2D eigenvalue weighted by Gasteiger charge is 2.08. The standard InChI is InChI=1S/C18H20N2O4/c21-13-11-19(12-14-22)18-4-2-1-3-16(18)8-5-15-6-9-17(10-7-15)20(23)24/h1-10,21-22H,11-14H2. The number of nitro benzene ring substituents is 1. The second-order valence-electron chi connectivity index (χ2n) is 5.18. The summed E-state index contributed by atoms with van der Waals surface area (Å²) in [5, 5.41) is 29.1. The molecule has 0 atom stereocenters. The van der Waals surface area contributed by atoms with Gasteiger partial charge in [0, 0.05) is 30.9 Å². The number of nitro groups is 1. The summed E-state index contributed by atoms with van der Waals surface area (Å²) in [6.07, 6.45) is 3.79. The van der Waals surface area contributed by atoms with Gasteiger partial charge in [-0.05, 0) is 29.3 Å². The molecule has 0 radical (unpaired) electrons. The molecule has 0 amide bonds. The van der Waals surface area contributed by atoms with Gasteiger partial charge in [-0.25, -0.2) is 0 Å². The predicted molar refractivity (Wildman–Crippen MR) is 94.9 cm³/mol. The van der Waals surface area contributed by atoms with Crippen molar-refractivity contribution >= 4 is 23.5 Å². The number of non-ortho nitro benzene ring substituents is 1. The van der Waals surface area contributed by atoms with E-state index in [4.69, 9.17) is 0 Å². The van der Waals surface area contributed by atoms with Crippen molar-refractivity contribution in [2.45, 2.75) is 0 Å². The first-order valence-corrected chi connectivity index (χ1v) is 7.64. The molecule has 6 heteroatoms. The lowest BCUT2D eigenvalue weighted by atomic mass is 10.1. The van der Waals surface area contributed by atoms with Crippen molar-refractivity contribution in [3.05, 3.63) is 69.8 Å². The van der Waals surface area contributed by atoms with E-state index in [-0.39, 0.29) is 18.9 Å². The number of benzene rings is 2. The van der Waals surface area contributed by atoms with Crippen molar-refractivity contribution in [1.29, 1.82) is 0 Å². The zero-order valence-corrected chi connectivity index (χ0v) is 13.2. The van der Waals surface area contributed by atoms with Gasteiger partial charge in [0.2, 0.25) is 0 Å². The highest BCUT2D eigenvalue weighted by Crippen LogP contribution is 2.23. The molecule has 0 saturated heterocycles. The summed E-state index contributed by atoms with van der Waals surface area (Å²) in [4.78, 5) is 12.2. The Balaban J connectivity index is 2.24. The third-order valence-corrected chi connectivity index (χ3v) is 3.58. The van der Waals surface area contributed by atoms with Crippen LogP contribution in [0.15, 0.2) is 48.5 Å². The van der Waals surface area contributed by atoms with Crippen molar-refractivity contribution in [1.82, 2.24) is 0 Å². The molecule has 0 fully saturated rings. The highest BCUT2D eigenvalue weighted by atomic mass is 16.6. The first-order chi connectivity index (χ1) is 11.7. The monoisotopic (exact) mass is 328 g/mol. The molecule has 0 aliphatic rings. The predicted octanol–water partition coefficient (Wildman–Crippen LogP) is 2.56. The Hall–Kier alpha value is -2.70. The molecule has 0 heterocycles. The molecule has 2 aromatic carbocycles. The van der Waals surface area contributed by atoms with Crippen LogP contribution in [-0.2, 0) is 0 Å².